The van der Waals surface area contributed by atoms with E-state index in [0.717, 1.165) is 5.56 Å². The van der Waals surface area contributed by atoms with E-state index in [1.54, 1.807) is 38.1 Å². The summed E-state index contributed by atoms with van der Waals surface area (Å²) in [5.74, 6) is 0.0318. The second-order valence-corrected chi connectivity index (χ2v) is 6.23. The first-order chi connectivity index (χ1) is 13.0. The highest BCUT2D eigenvalue weighted by Crippen LogP contribution is 2.37. The fourth-order valence-electron chi connectivity index (χ4n) is 3.47. The number of hydrogen-bond acceptors (Lipinski definition) is 5. The van der Waals surface area contributed by atoms with Crippen LogP contribution in [-0.4, -0.2) is 23.0 Å². The molecule has 0 aliphatic heterocycles. The lowest BCUT2D eigenvalue weighted by Gasteiger charge is -2.03. The summed E-state index contributed by atoms with van der Waals surface area (Å²) in [5.41, 5.74) is 3.02. The van der Waals surface area contributed by atoms with Crippen molar-refractivity contribution in [2.75, 3.05) is 7.11 Å². The molecule has 4 rings (SSSR count). The summed E-state index contributed by atoms with van der Waals surface area (Å²) in [5, 5.41) is 14.6. The molecule has 0 aliphatic rings. The van der Waals surface area contributed by atoms with Gasteiger partial charge >= 0.3 is 5.97 Å². The van der Waals surface area contributed by atoms with Crippen molar-refractivity contribution < 1.29 is 18.5 Å². The van der Waals surface area contributed by atoms with Crippen molar-refractivity contribution in [1.82, 2.24) is 9.95 Å². The lowest BCUT2D eigenvalue weighted by Crippen LogP contribution is -2.00. The van der Waals surface area contributed by atoms with Crippen LogP contribution in [0.2, 0.25) is 0 Å². The van der Waals surface area contributed by atoms with Gasteiger partial charge in [-0.1, -0.05) is 15.7 Å². The van der Waals surface area contributed by atoms with Crippen molar-refractivity contribution in [3.05, 3.63) is 52.9 Å². The number of carbonyl (C=O) groups is 1. The summed E-state index contributed by atoms with van der Waals surface area (Å²) in [7, 11) is 1.27. The quantitative estimate of drug-likeness (QED) is 0.491. The zero-order valence-electron chi connectivity index (χ0n) is 14.8. The normalized spacial score (nSPS) is 11.1. The number of carbonyl (C=O) groups excluding carboxylic acids is 1. The Morgan fingerprint density at radius 1 is 1.26 bits per heavy atom. The average Bonchev–Trinajstić information content (AvgIpc) is 3.17. The molecule has 0 fully saturated rings. The van der Waals surface area contributed by atoms with E-state index in [4.69, 9.17) is 9.26 Å². The molecule has 7 heteroatoms. The number of methoxy groups -OCH3 is 1. The number of aromatic nitrogens is 2. The Morgan fingerprint density at radius 3 is 2.67 bits per heavy atom. The van der Waals surface area contributed by atoms with E-state index in [2.05, 4.69) is 11.2 Å². The standard InChI is InChI=1S/C20H14FN3O3/c1-10-18(11(2)27-23-10)13-6-14(9-22)19-15-5-4-12(20(25)26-3)7-16(15)24(21)17(19)8-13/h4-8H,1-3H3. The monoisotopic (exact) mass is 363 g/mol. The van der Waals surface area contributed by atoms with Crippen LogP contribution >= 0.6 is 0 Å². The van der Waals surface area contributed by atoms with E-state index in [0.29, 0.717) is 38.1 Å². The number of nitriles is 1. The van der Waals surface area contributed by atoms with E-state index in [1.807, 2.05) is 0 Å². The summed E-state index contributed by atoms with van der Waals surface area (Å²) < 4.78 is 25.0. The number of fused-ring (bicyclic) bond motifs is 3. The number of ether oxygens (including phenoxy) is 1. The molecule has 0 radical (unpaired) electrons. The Hall–Kier alpha value is -3.66. The van der Waals surface area contributed by atoms with Crippen molar-refractivity contribution in [2.45, 2.75) is 13.8 Å². The van der Waals surface area contributed by atoms with Crippen LogP contribution in [0, 0.1) is 25.2 Å². The second-order valence-electron chi connectivity index (χ2n) is 6.23. The molecule has 27 heavy (non-hydrogen) atoms. The molecule has 0 amide bonds. The number of aryl methyl sites for hydroxylation is 2. The summed E-state index contributed by atoms with van der Waals surface area (Å²) in [6.07, 6.45) is 0. The van der Waals surface area contributed by atoms with E-state index in [-0.39, 0.29) is 16.6 Å². The molecular formula is C20H14FN3O3. The highest BCUT2D eigenvalue weighted by Gasteiger charge is 2.20. The van der Waals surface area contributed by atoms with E-state index in [1.165, 1.54) is 13.2 Å². The highest BCUT2D eigenvalue weighted by molar-refractivity contribution is 6.12. The van der Waals surface area contributed by atoms with Gasteiger partial charge in [0.2, 0.25) is 0 Å². The highest BCUT2D eigenvalue weighted by atomic mass is 19.2. The van der Waals surface area contributed by atoms with Crippen molar-refractivity contribution in [3.8, 4) is 17.2 Å². The predicted octanol–water partition coefficient (Wildman–Crippen LogP) is 4.46. The fourth-order valence-corrected chi connectivity index (χ4v) is 3.47. The molecule has 0 saturated heterocycles. The van der Waals surface area contributed by atoms with Gasteiger partial charge in [-0.2, -0.15) is 10.1 Å². The molecule has 0 N–H and O–H groups in total. The molecule has 0 atom stereocenters. The summed E-state index contributed by atoms with van der Waals surface area (Å²) >= 11 is 0. The van der Waals surface area contributed by atoms with Gasteiger partial charge in [0.25, 0.3) is 0 Å². The number of halogens is 1. The van der Waals surface area contributed by atoms with Crippen LogP contribution in [0.5, 0.6) is 0 Å². The summed E-state index contributed by atoms with van der Waals surface area (Å²) in [6.45, 7) is 3.55. The van der Waals surface area contributed by atoms with Gasteiger partial charge in [-0.3, -0.25) is 0 Å². The van der Waals surface area contributed by atoms with Crippen molar-refractivity contribution >= 4 is 27.8 Å². The molecule has 2 aromatic carbocycles. The molecule has 0 aliphatic carbocycles. The van der Waals surface area contributed by atoms with Crippen LogP contribution in [0.25, 0.3) is 32.9 Å². The van der Waals surface area contributed by atoms with E-state index < -0.39 is 5.97 Å². The average molecular weight is 363 g/mol. The molecule has 6 nitrogen and oxygen atoms in total. The second kappa shape index (κ2) is 5.95. The zero-order valence-corrected chi connectivity index (χ0v) is 14.8. The number of hydrogen-bond donors (Lipinski definition) is 0. The van der Waals surface area contributed by atoms with Crippen LogP contribution in [-0.2, 0) is 4.74 Å². The van der Waals surface area contributed by atoms with E-state index >= 15 is 4.48 Å². The minimum atomic E-state index is -0.556. The van der Waals surface area contributed by atoms with Gasteiger partial charge in [0.15, 0.2) is 0 Å². The summed E-state index contributed by atoms with van der Waals surface area (Å²) in [4.78, 5) is 12.3. The number of benzene rings is 2. The first kappa shape index (κ1) is 16.8. The summed E-state index contributed by atoms with van der Waals surface area (Å²) in [6, 6.07) is 10.1. The largest absolute Gasteiger partial charge is 0.465 e. The van der Waals surface area contributed by atoms with Crippen LogP contribution in [0.15, 0.2) is 34.9 Å². The Balaban J connectivity index is 2.09. The van der Waals surface area contributed by atoms with Crippen LogP contribution in [0.3, 0.4) is 0 Å². The molecule has 134 valence electrons. The Kier molecular flexibility index (Phi) is 3.70. The lowest BCUT2D eigenvalue weighted by atomic mass is 9.98. The van der Waals surface area contributed by atoms with Gasteiger partial charge in [0, 0.05) is 16.3 Å². The fraction of sp³-hybridized carbons (Fsp3) is 0.150. The topological polar surface area (TPSA) is 81.1 Å². The molecular weight excluding hydrogens is 349 g/mol. The van der Waals surface area contributed by atoms with Gasteiger partial charge in [-0.05, 0) is 43.7 Å². The van der Waals surface area contributed by atoms with E-state index in [9.17, 15) is 10.1 Å². The molecule has 0 unspecified atom stereocenters. The smallest absolute Gasteiger partial charge is 0.337 e. The SMILES string of the molecule is COC(=O)c1ccc2c3c(C#N)cc(-c4c(C)noc4C)cc3n(F)c2c1. The molecule has 0 bridgehead atoms. The van der Waals surface area contributed by atoms with Gasteiger partial charge in [0.1, 0.15) is 5.76 Å². The Bertz CT molecular complexity index is 1260. The molecule has 0 spiro atoms. The minimum Gasteiger partial charge on any atom is -0.465 e. The number of rotatable bonds is 2. The third-order valence-corrected chi connectivity index (χ3v) is 4.67. The van der Waals surface area contributed by atoms with Crippen molar-refractivity contribution in [2.24, 2.45) is 0 Å². The maximum atomic E-state index is 15.1. The van der Waals surface area contributed by atoms with Crippen LogP contribution < -0.4 is 0 Å². The molecule has 2 aromatic heterocycles. The van der Waals surface area contributed by atoms with Crippen molar-refractivity contribution in [1.29, 1.82) is 5.26 Å². The molecule has 2 heterocycles. The van der Waals surface area contributed by atoms with Crippen LogP contribution in [0.4, 0.5) is 4.48 Å². The third-order valence-electron chi connectivity index (χ3n) is 4.67. The maximum Gasteiger partial charge on any atom is 0.337 e. The van der Waals surface area contributed by atoms with Gasteiger partial charge in [0.05, 0.1) is 41.0 Å². The zero-order chi connectivity index (χ0) is 19.3. The Labute approximate surface area is 153 Å². The third kappa shape index (κ3) is 2.38. The van der Waals surface area contributed by atoms with Crippen LogP contribution in [0.1, 0.15) is 27.4 Å². The lowest BCUT2D eigenvalue weighted by molar-refractivity contribution is 0.0601. The first-order valence-electron chi connectivity index (χ1n) is 8.16. The molecule has 4 aromatic rings. The number of esters is 1. The van der Waals surface area contributed by atoms with Gasteiger partial charge in [-0.15, -0.1) is 0 Å². The van der Waals surface area contributed by atoms with Gasteiger partial charge in [-0.25, -0.2) is 4.79 Å². The first-order valence-corrected chi connectivity index (χ1v) is 8.16. The minimum absolute atomic E-state index is 0.195. The maximum absolute atomic E-state index is 15.1. The number of nitrogens with zero attached hydrogens (tertiary/aromatic N) is 3. The predicted molar refractivity (Wildman–Crippen MR) is 97.0 cm³/mol. The van der Waals surface area contributed by atoms with Crippen molar-refractivity contribution in [3.63, 3.8) is 0 Å². The Morgan fingerprint density at radius 2 is 2.04 bits per heavy atom. The molecule has 0 saturated carbocycles. The van der Waals surface area contributed by atoms with Gasteiger partial charge < -0.3 is 9.26 Å².